The van der Waals surface area contributed by atoms with Crippen LogP contribution >= 0.6 is 0 Å². The average molecular weight is 345 g/mol. The number of amides is 1. The van der Waals surface area contributed by atoms with Crippen molar-refractivity contribution in [3.63, 3.8) is 0 Å². The molecule has 1 fully saturated rings. The molecule has 128 valence electrons. The van der Waals surface area contributed by atoms with Crippen LogP contribution in [0.1, 0.15) is 35.8 Å². The van der Waals surface area contributed by atoms with Crippen molar-refractivity contribution in [1.29, 1.82) is 5.26 Å². The highest BCUT2D eigenvalue weighted by Gasteiger charge is 2.55. The first-order chi connectivity index (χ1) is 12.7. The minimum Gasteiger partial charge on any atom is -0.446 e. The summed E-state index contributed by atoms with van der Waals surface area (Å²) in [7, 11) is 0. The van der Waals surface area contributed by atoms with Gasteiger partial charge in [0.25, 0.3) is 0 Å². The predicted molar refractivity (Wildman–Crippen MR) is 90.2 cm³/mol. The number of nitriles is 1. The number of aromatic nitrogens is 3. The summed E-state index contributed by atoms with van der Waals surface area (Å²) < 4.78 is 5.52. The van der Waals surface area contributed by atoms with E-state index in [9.17, 15) is 10.1 Å². The monoisotopic (exact) mass is 345 g/mol. The molecule has 3 heterocycles. The van der Waals surface area contributed by atoms with E-state index < -0.39 is 5.41 Å². The minimum absolute atomic E-state index is 0.124. The molecule has 1 aromatic carbocycles. The number of hydrogen-bond donors (Lipinski definition) is 1. The summed E-state index contributed by atoms with van der Waals surface area (Å²) in [6, 6.07) is 9.84. The van der Waals surface area contributed by atoms with Gasteiger partial charge in [0.2, 0.25) is 5.91 Å². The molecule has 26 heavy (non-hydrogen) atoms. The van der Waals surface area contributed by atoms with Crippen molar-refractivity contribution in [3.05, 3.63) is 59.9 Å². The molecule has 7 heteroatoms. The molecule has 1 atom stereocenters. The van der Waals surface area contributed by atoms with Crippen molar-refractivity contribution < 1.29 is 9.21 Å². The summed E-state index contributed by atoms with van der Waals surface area (Å²) in [6.45, 7) is 0.449. The van der Waals surface area contributed by atoms with Crippen molar-refractivity contribution in [3.8, 4) is 17.3 Å². The Morgan fingerprint density at radius 3 is 2.92 bits per heavy atom. The second-order valence-electron chi connectivity index (χ2n) is 6.82. The Morgan fingerprint density at radius 1 is 1.38 bits per heavy atom. The second kappa shape index (κ2) is 5.30. The number of carbonyl (C=O) groups is 1. The first kappa shape index (κ1) is 14.9. The van der Waals surface area contributed by atoms with Crippen LogP contribution in [0.4, 0.5) is 0 Å². The first-order valence-electron chi connectivity index (χ1n) is 8.45. The highest BCUT2D eigenvalue weighted by molar-refractivity contribution is 5.89. The Balaban J connectivity index is 1.58. The number of nitrogens with zero attached hydrogens (tertiary/aromatic N) is 4. The van der Waals surface area contributed by atoms with Gasteiger partial charge in [-0.05, 0) is 41.7 Å². The predicted octanol–water partition coefficient (Wildman–Crippen LogP) is 2.80. The summed E-state index contributed by atoms with van der Waals surface area (Å²) in [5.74, 6) is 0.487. The molecule has 1 saturated carbocycles. The summed E-state index contributed by atoms with van der Waals surface area (Å²) >= 11 is 0. The van der Waals surface area contributed by atoms with Gasteiger partial charge < -0.3 is 9.32 Å². The Kier molecular flexibility index (Phi) is 3.04. The molecule has 0 spiro atoms. The fourth-order valence-electron chi connectivity index (χ4n) is 3.67. The normalized spacial score (nSPS) is 19.8. The van der Waals surface area contributed by atoms with Gasteiger partial charge in [0.15, 0.2) is 12.2 Å². The van der Waals surface area contributed by atoms with Gasteiger partial charge in [-0.3, -0.25) is 9.89 Å². The lowest BCUT2D eigenvalue weighted by atomic mass is 9.99. The molecule has 1 amide bonds. The molecule has 5 rings (SSSR count). The molecule has 2 aromatic heterocycles. The quantitative estimate of drug-likeness (QED) is 0.787. The maximum absolute atomic E-state index is 13.1. The molecule has 2 aliphatic rings. The van der Waals surface area contributed by atoms with Crippen LogP contribution in [0, 0.1) is 16.7 Å². The summed E-state index contributed by atoms with van der Waals surface area (Å²) in [5.41, 5.74) is 3.11. The molecule has 0 radical (unpaired) electrons. The van der Waals surface area contributed by atoms with E-state index in [4.69, 9.17) is 4.42 Å². The zero-order valence-corrected chi connectivity index (χ0v) is 13.8. The van der Waals surface area contributed by atoms with Crippen LogP contribution < -0.4 is 0 Å². The maximum atomic E-state index is 13.1. The van der Waals surface area contributed by atoms with Gasteiger partial charge >= 0.3 is 0 Å². The first-order valence-corrected chi connectivity index (χ1v) is 8.45. The number of carbonyl (C=O) groups excluding carboxylic acids is 1. The van der Waals surface area contributed by atoms with Crippen LogP contribution in [-0.2, 0) is 11.3 Å². The lowest BCUT2D eigenvalue weighted by molar-refractivity contribution is -0.137. The molecule has 3 aromatic rings. The molecule has 0 bridgehead atoms. The van der Waals surface area contributed by atoms with Crippen LogP contribution in [0.25, 0.3) is 11.3 Å². The third-order valence-corrected chi connectivity index (χ3v) is 5.26. The molecule has 1 aliphatic carbocycles. The molecule has 0 unspecified atom stereocenters. The van der Waals surface area contributed by atoms with Gasteiger partial charge in [-0.1, -0.05) is 12.1 Å². The maximum Gasteiger partial charge on any atom is 0.244 e. The molecule has 1 aliphatic heterocycles. The van der Waals surface area contributed by atoms with Gasteiger partial charge in [0, 0.05) is 12.7 Å². The Hall–Kier alpha value is -3.40. The van der Waals surface area contributed by atoms with Gasteiger partial charge in [0.1, 0.15) is 11.5 Å². The second-order valence-corrected chi connectivity index (χ2v) is 6.82. The van der Waals surface area contributed by atoms with E-state index in [-0.39, 0.29) is 11.9 Å². The third kappa shape index (κ3) is 2.09. The summed E-state index contributed by atoms with van der Waals surface area (Å²) in [4.78, 5) is 18.8. The average Bonchev–Trinajstić information content (AvgIpc) is 3.09. The molecule has 7 nitrogen and oxygen atoms in total. The highest BCUT2D eigenvalue weighted by Crippen LogP contribution is 2.50. The SMILES string of the molecule is N#CC1(C(=O)N2Cc3cc(-c4ccn[nH]4)ccc3[C@H]2c2cnco2)CC1. The van der Waals surface area contributed by atoms with E-state index in [1.165, 1.54) is 6.39 Å². The number of nitrogens with one attached hydrogen (secondary N) is 1. The number of aromatic amines is 1. The zero-order valence-electron chi connectivity index (χ0n) is 13.8. The van der Waals surface area contributed by atoms with E-state index in [1.54, 1.807) is 17.3 Å². The number of H-pyrrole nitrogens is 1. The largest absolute Gasteiger partial charge is 0.446 e. The zero-order chi connectivity index (χ0) is 17.7. The molecule has 1 N–H and O–H groups in total. The van der Waals surface area contributed by atoms with Crippen LogP contribution in [0.15, 0.2) is 47.5 Å². The highest BCUT2D eigenvalue weighted by atomic mass is 16.3. The van der Waals surface area contributed by atoms with Gasteiger partial charge in [-0.2, -0.15) is 10.4 Å². The Morgan fingerprint density at radius 2 is 2.27 bits per heavy atom. The van der Waals surface area contributed by atoms with Gasteiger partial charge in [-0.25, -0.2) is 4.98 Å². The molecular formula is C19H15N5O2. The van der Waals surface area contributed by atoms with Crippen molar-refractivity contribution in [1.82, 2.24) is 20.1 Å². The number of hydrogen-bond acceptors (Lipinski definition) is 5. The summed E-state index contributed by atoms with van der Waals surface area (Å²) in [5, 5.41) is 16.4. The van der Waals surface area contributed by atoms with Gasteiger partial charge in [0.05, 0.1) is 18.0 Å². The minimum atomic E-state index is -0.869. The molecule has 0 saturated heterocycles. The van der Waals surface area contributed by atoms with E-state index in [0.29, 0.717) is 25.1 Å². The van der Waals surface area contributed by atoms with E-state index in [1.807, 2.05) is 18.2 Å². The van der Waals surface area contributed by atoms with Gasteiger partial charge in [-0.15, -0.1) is 0 Å². The molecular weight excluding hydrogens is 330 g/mol. The van der Waals surface area contributed by atoms with Crippen molar-refractivity contribution in [2.24, 2.45) is 5.41 Å². The number of benzene rings is 1. The Bertz CT molecular complexity index is 1010. The fraction of sp³-hybridized carbons (Fsp3) is 0.263. The third-order valence-electron chi connectivity index (χ3n) is 5.26. The van der Waals surface area contributed by atoms with Crippen molar-refractivity contribution >= 4 is 5.91 Å². The van der Waals surface area contributed by atoms with Crippen LogP contribution in [0.2, 0.25) is 0 Å². The summed E-state index contributed by atoms with van der Waals surface area (Å²) in [6.07, 6.45) is 5.95. The fourth-order valence-corrected chi connectivity index (χ4v) is 3.67. The van der Waals surface area contributed by atoms with E-state index in [0.717, 1.165) is 22.4 Å². The van der Waals surface area contributed by atoms with E-state index >= 15 is 0 Å². The Labute approximate surface area is 149 Å². The topological polar surface area (TPSA) is 98.8 Å². The van der Waals surface area contributed by atoms with Crippen LogP contribution in [0.3, 0.4) is 0 Å². The number of oxazole rings is 1. The standard InChI is InChI=1S/C19H15N5O2/c20-10-19(4-5-19)18(25)24-9-13-7-12(15-3-6-22-23-15)1-2-14(13)17(24)16-8-21-11-26-16/h1-3,6-8,11,17H,4-5,9H2,(H,22,23)/t17-/m0/s1. The van der Waals surface area contributed by atoms with Crippen LogP contribution in [-0.4, -0.2) is 26.0 Å². The van der Waals surface area contributed by atoms with Crippen LogP contribution in [0.5, 0.6) is 0 Å². The number of fused-ring (bicyclic) bond motifs is 1. The lowest BCUT2D eigenvalue weighted by Crippen LogP contribution is -2.35. The van der Waals surface area contributed by atoms with E-state index in [2.05, 4.69) is 27.3 Å². The smallest absolute Gasteiger partial charge is 0.244 e. The van der Waals surface area contributed by atoms with Crippen molar-refractivity contribution in [2.45, 2.75) is 25.4 Å². The lowest BCUT2D eigenvalue weighted by Gasteiger charge is -2.25. The number of rotatable bonds is 3. The van der Waals surface area contributed by atoms with Crippen molar-refractivity contribution in [2.75, 3.05) is 0 Å².